The van der Waals surface area contributed by atoms with Gasteiger partial charge in [0, 0.05) is 26.3 Å². The summed E-state index contributed by atoms with van der Waals surface area (Å²) in [4.78, 5) is 17.7. The molecule has 0 bridgehead atoms. The van der Waals surface area contributed by atoms with Gasteiger partial charge in [-0.15, -0.1) is 35.9 Å². The Balaban J connectivity index is 0.000000214. The molecular weight excluding hydrogens is 496 g/mol. The van der Waals surface area contributed by atoms with Crippen LogP contribution in [0.15, 0.2) is 77.9 Å². The van der Waals surface area contributed by atoms with Gasteiger partial charge >= 0.3 is 5.97 Å². The monoisotopic (exact) mass is 510 g/mol. The SMILES string of the molecule is O=C(O)c1cocn1.[Ir].[c-]1ccccc1-c1nccc2ccccc12. The van der Waals surface area contributed by atoms with Gasteiger partial charge in [-0.3, -0.25) is 0 Å². The van der Waals surface area contributed by atoms with Crippen LogP contribution in [0.25, 0.3) is 22.0 Å². The Kier molecular flexibility index (Phi) is 6.57. The molecule has 0 fully saturated rings. The number of aromatic nitrogens is 2. The van der Waals surface area contributed by atoms with Gasteiger partial charge < -0.3 is 14.5 Å². The number of hydrogen-bond donors (Lipinski definition) is 1. The van der Waals surface area contributed by atoms with Crippen molar-refractivity contribution in [2.45, 2.75) is 0 Å². The van der Waals surface area contributed by atoms with Gasteiger partial charge in [0.1, 0.15) is 6.26 Å². The molecule has 127 valence electrons. The van der Waals surface area contributed by atoms with Gasteiger partial charge in [-0.25, -0.2) is 9.78 Å². The third-order valence-corrected chi connectivity index (χ3v) is 3.29. The second-order valence-corrected chi connectivity index (χ2v) is 4.84. The quantitative estimate of drug-likeness (QED) is 0.413. The molecule has 0 saturated heterocycles. The van der Waals surface area contributed by atoms with E-state index in [1.54, 1.807) is 0 Å². The van der Waals surface area contributed by atoms with Crippen LogP contribution in [-0.2, 0) is 20.1 Å². The van der Waals surface area contributed by atoms with Crippen LogP contribution in [0.2, 0.25) is 0 Å². The summed E-state index contributed by atoms with van der Waals surface area (Å²) < 4.78 is 4.38. The van der Waals surface area contributed by atoms with Crippen LogP contribution in [0.5, 0.6) is 0 Å². The molecule has 2 heterocycles. The Morgan fingerprint density at radius 1 is 1.04 bits per heavy atom. The molecule has 0 saturated carbocycles. The molecule has 25 heavy (non-hydrogen) atoms. The number of hydrogen-bond acceptors (Lipinski definition) is 4. The summed E-state index contributed by atoms with van der Waals surface area (Å²) in [5.74, 6) is -1.07. The molecule has 0 unspecified atom stereocenters. The number of fused-ring (bicyclic) bond motifs is 1. The molecule has 4 rings (SSSR count). The minimum absolute atomic E-state index is 0. The third-order valence-electron chi connectivity index (χ3n) is 3.29. The summed E-state index contributed by atoms with van der Waals surface area (Å²) in [5.41, 5.74) is 1.98. The fraction of sp³-hybridized carbons (Fsp3) is 0. The van der Waals surface area contributed by atoms with E-state index in [0.29, 0.717) is 0 Å². The second-order valence-electron chi connectivity index (χ2n) is 4.84. The first kappa shape index (κ1) is 18.5. The predicted octanol–water partition coefficient (Wildman–Crippen LogP) is 4.07. The fourth-order valence-electron chi connectivity index (χ4n) is 2.19. The Hall–Kier alpha value is -2.82. The fourth-order valence-corrected chi connectivity index (χ4v) is 2.19. The summed E-state index contributed by atoms with van der Waals surface area (Å²) in [6.07, 6.45) is 3.99. The molecule has 2 aromatic carbocycles. The first-order valence-electron chi connectivity index (χ1n) is 7.18. The number of benzene rings is 2. The molecule has 0 aliphatic rings. The largest absolute Gasteiger partial charge is 0.476 e. The number of oxazole rings is 1. The van der Waals surface area contributed by atoms with Crippen LogP contribution >= 0.6 is 0 Å². The summed E-state index contributed by atoms with van der Waals surface area (Å²) in [6.45, 7) is 0. The van der Waals surface area contributed by atoms with E-state index in [1.165, 1.54) is 10.8 Å². The molecule has 6 heteroatoms. The van der Waals surface area contributed by atoms with Crippen LogP contribution < -0.4 is 0 Å². The minimum atomic E-state index is -1.07. The van der Waals surface area contributed by atoms with Gasteiger partial charge in [-0.2, -0.15) is 0 Å². The summed E-state index contributed by atoms with van der Waals surface area (Å²) in [6, 6.07) is 21.4. The zero-order valence-electron chi connectivity index (χ0n) is 12.9. The van der Waals surface area contributed by atoms with Crippen molar-refractivity contribution < 1.29 is 34.4 Å². The Morgan fingerprint density at radius 2 is 1.84 bits per heavy atom. The molecular formula is C19H13IrN2O3-. The maximum atomic E-state index is 9.94. The van der Waals surface area contributed by atoms with Gasteiger partial charge in [-0.1, -0.05) is 24.3 Å². The predicted molar refractivity (Wildman–Crippen MR) is 89.5 cm³/mol. The van der Waals surface area contributed by atoms with Crippen LogP contribution in [0.4, 0.5) is 0 Å². The molecule has 0 amide bonds. The molecule has 0 atom stereocenters. The van der Waals surface area contributed by atoms with Crippen molar-refractivity contribution in [3.63, 3.8) is 0 Å². The third kappa shape index (κ3) is 4.59. The number of rotatable bonds is 2. The second kappa shape index (κ2) is 8.87. The molecule has 1 radical (unpaired) electrons. The first-order valence-corrected chi connectivity index (χ1v) is 7.18. The van der Waals surface area contributed by atoms with E-state index in [1.807, 2.05) is 48.7 Å². The molecule has 0 aliphatic carbocycles. The van der Waals surface area contributed by atoms with E-state index in [2.05, 4.69) is 32.6 Å². The van der Waals surface area contributed by atoms with Crippen molar-refractivity contribution >= 4 is 16.7 Å². The van der Waals surface area contributed by atoms with Crippen molar-refractivity contribution in [2.75, 3.05) is 0 Å². The number of carbonyl (C=O) groups is 1. The molecule has 1 N–H and O–H groups in total. The van der Waals surface area contributed by atoms with Crippen molar-refractivity contribution in [2.24, 2.45) is 0 Å². The molecule has 4 aromatic rings. The van der Waals surface area contributed by atoms with Crippen LogP contribution in [-0.4, -0.2) is 21.0 Å². The van der Waals surface area contributed by atoms with E-state index in [-0.39, 0.29) is 25.8 Å². The smallest absolute Gasteiger partial charge is 0.357 e. The standard InChI is InChI=1S/C15H10N.C4H3NO3.Ir/c1-2-7-13(8-3-1)15-14-9-5-4-6-12(14)10-11-16-15;6-4(7)3-1-8-2-5-3;/h1-7,9-11H;1-2H,(H,6,7);/q-1;;. The topological polar surface area (TPSA) is 76.2 Å². The Bertz CT molecular complexity index is 936. The van der Waals surface area contributed by atoms with E-state index >= 15 is 0 Å². The number of pyridine rings is 1. The van der Waals surface area contributed by atoms with Crippen molar-refractivity contribution in [3.05, 3.63) is 85.2 Å². The van der Waals surface area contributed by atoms with E-state index < -0.39 is 5.97 Å². The van der Waals surface area contributed by atoms with Crippen molar-refractivity contribution in [1.82, 2.24) is 9.97 Å². The molecule has 0 spiro atoms. The average molecular weight is 510 g/mol. The minimum Gasteiger partial charge on any atom is -0.476 e. The van der Waals surface area contributed by atoms with Crippen molar-refractivity contribution in [3.8, 4) is 11.3 Å². The maximum absolute atomic E-state index is 9.94. The van der Waals surface area contributed by atoms with E-state index in [9.17, 15) is 4.79 Å². The van der Waals surface area contributed by atoms with Gasteiger partial charge in [0.25, 0.3) is 0 Å². The Morgan fingerprint density at radius 3 is 2.48 bits per heavy atom. The van der Waals surface area contributed by atoms with Gasteiger partial charge in [-0.05, 0) is 22.5 Å². The van der Waals surface area contributed by atoms with Gasteiger partial charge in [0.15, 0.2) is 12.1 Å². The molecule has 0 aliphatic heterocycles. The zero-order chi connectivity index (χ0) is 16.8. The van der Waals surface area contributed by atoms with Crippen molar-refractivity contribution in [1.29, 1.82) is 0 Å². The van der Waals surface area contributed by atoms with Gasteiger partial charge in [0.05, 0.1) is 0 Å². The average Bonchev–Trinajstić information content (AvgIpc) is 3.18. The number of aromatic carboxylic acids is 1. The van der Waals surface area contributed by atoms with Crippen LogP contribution in [0.1, 0.15) is 10.5 Å². The number of carboxylic acid groups (broad SMARTS) is 1. The summed E-state index contributed by atoms with van der Waals surface area (Å²) >= 11 is 0. The summed E-state index contributed by atoms with van der Waals surface area (Å²) in [5, 5.41) is 10.5. The number of carboxylic acids is 1. The van der Waals surface area contributed by atoms with Crippen LogP contribution in [0.3, 0.4) is 0 Å². The maximum Gasteiger partial charge on any atom is 0.357 e. The van der Waals surface area contributed by atoms with E-state index in [0.717, 1.165) is 23.9 Å². The van der Waals surface area contributed by atoms with Gasteiger partial charge in [0.2, 0.25) is 0 Å². The molecule has 2 aromatic heterocycles. The molecule has 5 nitrogen and oxygen atoms in total. The summed E-state index contributed by atoms with van der Waals surface area (Å²) in [7, 11) is 0. The normalized spacial score (nSPS) is 9.60. The van der Waals surface area contributed by atoms with Crippen LogP contribution in [0, 0.1) is 6.07 Å². The first-order chi connectivity index (χ1) is 11.8. The van der Waals surface area contributed by atoms with E-state index in [4.69, 9.17) is 5.11 Å². The zero-order valence-corrected chi connectivity index (χ0v) is 15.3. The Labute approximate surface area is 157 Å². The number of nitrogens with zero attached hydrogens (tertiary/aromatic N) is 2.